The van der Waals surface area contributed by atoms with Crippen molar-refractivity contribution in [3.8, 4) is 5.88 Å². The Balaban J connectivity index is 1.88. The number of methoxy groups -OCH3 is 1. The molecule has 1 heterocycles. The molecule has 0 unspecified atom stereocenters. The average Bonchev–Trinajstić information content (AvgIpc) is 2.99. The molecule has 0 radical (unpaired) electrons. The number of fused-ring (bicyclic) bond motifs is 1. The minimum Gasteiger partial charge on any atom is -0.481 e. The number of nitrogens with zero attached hydrogens (tertiary/aromatic N) is 2. The lowest BCUT2D eigenvalue weighted by Crippen LogP contribution is -2.42. The molecule has 1 aromatic carbocycles. The van der Waals surface area contributed by atoms with Gasteiger partial charge in [-0.1, -0.05) is 31.0 Å². The van der Waals surface area contributed by atoms with Gasteiger partial charge in [0, 0.05) is 19.0 Å². The Morgan fingerprint density at radius 3 is 2.74 bits per heavy atom. The van der Waals surface area contributed by atoms with Crippen molar-refractivity contribution in [2.75, 3.05) is 20.7 Å². The van der Waals surface area contributed by atoms with Crippen LogP contribution >= 0.6 is 0 Å². The van der Waals surface area contributed by atoms with Crippen LogP contribution < -0.4 is 4.74 Å². The predicted octanol–water partition coefficient (Wildman–Crippen LogP) is 2.62. The quantitative estimate of drug-likeness (QED) is 0.942. The van der Waals surface area contributed by atoms with Gasteiger partial charge < -0.3 is 14.7 Å². The van der Waals surface area contributed by atoms with E-state index in [2.05, 4.69) is 4.98 Å². The smallest absolute Gasteiger partial charge is 0.272 e. The number of hydrogen-bond donors (Lipinski definition) is 1. The summed E-state index contributed by atoms with van der Waals surface area (Å²) in [5, 5.41) is 12.3. The molecule has 1 aliphatic carbocycles. The maximum Gasteiger partial charge on any atom is 0.272 e. The first kappa shape index (κ1) is 15.7. The molecule has 5 heteroatoms. The SMILES string of the molecule is COc1nc(C(=O)N(C)CC2(O)CCCC2)cc2ccccc12. The first-order chi connectivity index (χ1) is 11.0. The molecule has 3 rings (SSSR count). The maximum atomic E-state index is 12.7. The lowest BCUT2D eigenvalue weighted by Gasteiger charge is -2.28. The second-order valence-corrected chi connectivity index (χ2v) is 6.33. The number of ether oxygens (including phenoxy) is 1. The average molecular weight is 314 g/mol. The fraction of sp³-hybridized carbons (Fsp3) is 0.444. The molecule has 2 aromatic rings. The highest BCUT2D eigenvalue weighted by Gasteiger charge is 2.34. The molecule has 0 bridgehead atoms. The molecule has 1 aliphatic rings. The lowest BCUT2D eigenvalue weighted by molar-refractivity contribution is 0.0154. The van der Waals surface area contributed by atoms with Crippen molar-refractivity contribution in [1.82, 2.24) is 9.88 Å². The topological polar surface area (TPSA) is 62.7 Å². The van der Waals surface area contributed by atoms with E-state index in [0.29, 0.717) is 18.1 Å². The third kappa shape index (κ3) is 3.15. The number of hydrogen-bond acceptors (Lipinski definition) is 4. The summed E-state index contributed by atoms with van der Waals surface area (Å²) in [6.45, 7) is 0.336. The van der Waals surface area contributed by atoms with Gasteiger partial charge in [0.1, 0.15) is 5.69 Å². The van der Waals surface area contributed by atoms with Crippen molar-refractivity contribution in [1.29, 1.82) is 0 Å². The third-order valence-electron chi connectivity index (χ3n) is 4.53. The van der Waals surface area contributed by atoms with Crippen LogP contribution in [0.15, 0.2) is 30.3 Å². The number of carbonyl (C=O) groups excluding carboxylic acids is 1. The second-order valence-electron chi connectivity index (χ2n) is 6.33. The van der Waals surface area contributed by atoms with Crippen LogP contribution in [-0.2, 0) is 0 Å². The van der Waals surface area contributed by atoms with E-state index in [1.165, 1.54) is 0 Å². The van der Waals surface area contributed by atoms with Crippen LogP contribution in [0.5, 0.6) is 5.88 Å². The predicted molar refractivity (Wildman–Crippen MR) is 88.7 cm³/mol. The van der Waals surface area contributed by atoms with Gasteiger partial charge in [0.2, 0.25) is 5.88 Å². The van der Waals surface area contributed by atoms with Gasteiger partial charge in [-0.25, -0.2) is 4.98 Å². The molecule has 0 atom stereocenters. The highest BCUT2D eigenvalue weighted by atomic mass is 16.5. The largest absolute Gasteiger partial charge is 0.481 e. The summed E-state index contributed by atoms with van der Waals surface area (Å²) in [4.78, 5) is 18.6. The van der Waals surface area contributed by atoms with Gasteiger partial charge in [0.05, 0.1) is 12.7 Å². The van der Waals surface area contributed by atoms with E-state index < -0.39 is 5.60 Å². The van der Waals surface area contributed by atoms with Gasteiger partial charge in [0.25, 0.3) is 5.91 Å². The Kier molecular flexibility index (Phi) is 4.22. The van der Waals surface area contributed by atoms with Crippen LogP contribution in [0.1, 0.15) is 36.2 Å². The molecule has 0 saturated heterocycles. The molecule has 122 valence electrons. The summed E-state index contributed by atoms with van der Waals surface area (Å²) in [7, 11) is 3.26. The number of aromatic nitrogens is 1. The summed E-state index contributed by atoms with van der Waals surface area (Å²) in [6.07, 6.45) is 3.53. The second kappa shape index (κ2) is 6.16. The minimum atomic E-state index is -0.759. The number of aliphatic hydroxyl groups is 1. The molecule has 23 heavy (non-hydrogen) atoms. The maximum absolute atomic E-state index is 12.7. The van der Waals surface area contributed by atoms with E-state index in [9.17, 15) is 9.90 Å². The molecular formula is C18H22N2O3. The van der Waals surface area contributed by atoms with Crippen LogP contribution in [0, 0.1) is 0 Å². The van der Waals surface area contributed by atoms with E-state index in [4.69, 9.17) is 4.74 Å². The zero-order chi connectivity index (χ0) is 16.4. The lowest BCUT2D eigenvalue weighted by atomic mass is 10.0. The first-order valence-electron chi connectivity index (χ1n) is 7.94. The van der Waals surface area contributed by atoms with Crippen LogP contribution in [0.3, 0.4) is 0 Å². The summed E-state index contributed by atoms with van der Waals surface area (Å²) in [5.74, 6) is 0.244. The molecular weight excluding hydrogens is 292 g/mol. The van der Waals surface area contributed by atoms with Gasteiger partial charge in [-0.05, 0) is 30.4 Å². The van der Waals surface area contributed by atoms with E-state index in [1.807, 2.05) is 24.3 Å². The molecule has 5 nitrogen and oxygen atoms in total. The van der Waals surface area contributed by atoms with E-state index in [1.54, 1.807) is 25.1 Å². The Morgan fingerprint density at radius 1 is 1.35 bits per heavy atom. The molecule has 1 fully saturated rings. The van der Waals surface area contributed by atoms with Gasteiger partial charge in [-0.15, -0.1) is 0 Å². The normalized spacial score (nSPS) is 16.5. The molecule has 1 aromatic heterocycles. The number of pyridine rings is 1. The highest BCUT2D eigenvalue weighted by molar-refractivity contribution is 5.98. The zero-order valence-corrected chi connectivity index (χ0v) is 13.6. The number of carbonyl (C=O) groups is 1. The van der Waals surface area contributed by atoms with Crippen LogP contribution in [0.2, 0.25) is 0 Å². The fourth-order valence-corrected chi connectivity index (χ4v) is 3.33. The molecule has 1 N–H and O–H groups in total. The Bertz CT molecular complexity index is 723. The monoisotopic (exact) mass is 314 g/mol. The summed E-state index contributed by atoms with van der Waals surface area (Å²) < 4.78 is 5.32. The number of amides is 1. The van der Waals surface area contributed by atoms with Crippen molar-refractivity contribution in [3.05, 3.63) is 36.0 Å². The summed E-state index contributed by atoms with van der Waals surface area (Å²) in [5.41, 5.74) is -0.421. The number of rotatable bonds is 4. The van der Waals surface area contributed by atoms with Crippen molar-refractivity contribution < 1.29 is 14.6 Å². The molecule has 1 saturated carbocycles. The van der Waals surface area contributed by atoms with E-state index in [0.717, 1.165) is 36.5 Å². The summed E-state index contributed by atoms with van der Waals surface area (Å²) >= 11 is 0. The Labute approximate surface area is 135 Å². The highest BCUT2D eigenvalue weighted by Crippen LogP contribution is 2.30. The Morgan fingerprint density at radius 2 is 2.04 bits per heavy atom. The first-order valence-corrected chi connectivity index (χ1v) is 7.94. The molecule has 1 amide bonds. The van der Waals surface area contributed by atoms with Gasteiger partial charge in [-0.3, -0.25) is 4.79 Å². The van der Waals surface area contributed by atoms with E-state index >= 15 is 0 Å². The zero-order valence-electron chi connectivity index (χ0n) is 13.6. The minimum absolute atomic E-state index is 0.200. The number of likely N-dealkylation sites (N-methyl/N-ethyl adjacent to an activating group) is 1. The van der Waals surface area contributed by atoms with Crippen molar-refractivity contribution in [2.45, 2.75) is 31.3 Å². The molecule has 0 spiro atoms. The van der Waals surface area contributed by atoms with E-state index in [-0.39, 0.29) is 5.91 Å². The van der Waals surface area contributed by atoms with Crippen molar-refractivity contribution in [3.63, 3.8) is 0 Å². The third-order valence-corrected chi connectivity index (χ3v) is 4.53. The summed E-state index contributed by atoms with van der Waals surface area (Å²) in [6, 6.07) is 9.45. The van der Waals surface area contributed by atoms with Crippen molar-refractivity contribution >= 4 is 16.7 Å². The van der Waals surface area contributed by atoms with Crippen LogP contribution in [-0.4, -0.2) is 47.2 Å². The van der Waals surface area contributed by atoms with Crippen molar-refractivity contribution in [2.24, 2.45) is 0 Å². The number of benzene rings is 1. The fourth-order valence-electron chi connectivity index (χ4n) is 3.33. The van der Waals surface area contributed by atoms with Crippen LogP contribution in [0.4, 0.5) is 0 Å². The molecule has 0 aliphatic heterocycles. The Hall–Kier alpha value is -2.14. The van der Waals surface area contributed by atoms with Crippen LogP contribution in [0.25, 0.3) is 10.8 Å². The standard InChI is InChI=1S/C18H22N2O3/c1-20(12-18(22)9-5-6-10-18)17(21)15-11-13-7-3-4-8-14(13)16(19-15)23-2/h3-4,7-8,11,22H,5-6,9-10,12H2,1-2H3. The van der Waals surface area contributed by atoms with Gasteiger partial charge in [-0.2, -0.15) is 0 Å². The van der Waals surface area contributed by atoms with Gasteiger partial charge >= 0.3 is 0 Å². The van der Waals surface area contributed by atoms with Gasteiger partial charge in [0.15, 0.2) is 0 Å².